The Morgan fingerprint density at radius 3 is 2.70 bits per heavy atom. The Balaban J connectivity index is 2.58. The van der Waals surface area contributed by atoms with Crippen LogP contribution < -0.4 is 0 Å². The molecule has 0 spiro atoms. The lowest BCUT2D eigenvalue weighted by molar-refractivity contribution is -0.0398. The number of aryl methyl sites for hydroxylation is 1. The Hall–Kier alpha value is -0.940. The Morgan fingerprint density at radius 1 is 1.60 bits per heavy atom. The largest absolute Gasteiger partial charge is 0.368 e. The van der Waals surface area contributed by atoms with Crippen molar-refractivity contribution in [3.8, 4) is 0 Å². The zero-order chi connectivity index (χ0) is 7.56. The van der Waals surface area contributed by atoms with Crippen LogP contribution in [0.3, 0.4) is 0 Å². The molecule has 0 aliphatic rings. The summed E-state index contributed by atoms with van der Waals surface area (Å²) in [6, 6.07) is 0. The van der Waals surface area contributed by atoms with Crippen LogP contribution in [0.25, 0.3) is 0 Å². The van der Waals surface area contributed by atoms with Crippen molar-refractivity contribution < 1.29 is 14.7 Å². The van der Waals surface area contributed by atoms with Crippen LogP contribution in [0.2, 0.25) is 0 Å². The van der Waals surface area contributed by atoms with E-state index in [9.17, 15) is 0 Å². The van der Waals surface area contributed by atoms with E-state index in [-0.39, 0.29) is 6.42 Å². The highest BCUT2D eigenvalue weighted by Crippen LogP contribution is 1.96. The van der Waals surface area contributed by atoms with Gasteiger partial charge in [-0.2, -0.15) is 4.98 Å². The van der Waals surface area contributed by atoms with E-state index < -0.39 is 6.29 Å². The molecule has 10 heavy (non-hydrogen) atoms. The molecular formula is C5H8N2O3. The molecular weight excluding hydrogens is 136 g/mol. The van der Waals surface area contributed by atoms with Crippen LogP contribution in [0.4, 0.5) is 0 Å². The summed E-state index contributed by atoms with van der Waals surface area (Å²) in [7, 11) is 0. The third kappa shape index (κ3) is 1.78. The maximum atomic E-state index is 8.45. The van der Waals surface area contributed by atoms with Gasteiger partial charge in [0, 0.05) is 6.92 Å². The van der Waals surface area contributed by atoms with Gasteiger partial charge in [-0.1, -0.05) is 5.16 Å². The Morgan fingerprint density at radius 2 is 2.30 bits per heavy atom. The Labute approximate surface area is 57.3 Å². The summed E-state index contributed by atoms with van der Waals surface area (Å²) in [5.41, 5.74) is 0. The van der Waals surface area contributed by atoms with E-state index in [4.69, 9.17) is 10.2 Å². The fraction of sp³-hybridized carbons (Fsp3) is 0.600. The van der Waals surface area contributed by atoms with E-state index >= 15 is 0 Å². The average molecular weight is 144 g/mol. The monoisotopic (exact) mass is 144 g/mol. The van der Waals surface area contributed by atoms with Gasteiger partial charge in [0.2, 0.25) is 5.89 Å². The molecule has 0 saturated heterocycles. The molecule has 0 atom stereocenters. The van der Waals surface area contributed by atoms with Crippen molar-refractivity contribution in [3.63, 3.8) is 0 Å². The van der Waals surface area contributed by atoms with Gasteiger partial charge in [0.05, 0.1) is 6.42 Å². The van der Waals surface area contributed by atoms with E-state index in [0.717, 1.165) is 0 Å². The zero-order valence-corrected chi connectivity index (χ0v) is 5.48. The lowest BCUT2D eigenvalue weighted by atomic mass is 10.4. The van der Waals surface area contributed by atoms with Gasteiger partial charge in [-0.3, -0.25) is 0 Å². The minimum atomic E-state index is -1.41. The molecule has 0 aromatic carbocycles. The van der Waals surface area contributed by atoms with E-state index in [1.54, 1.807) is 6.92 Å². The Kier molecular flexibility index (Phi) is 1.98. The first-order chi connectivity index (χ1) is 4.68. The molecule has 1 heterocycles. The summed E-state index contributed by atoms with van der Waals surface area (Å²) in [6.07, 6.45) is -1.39. The summed E-state index contributed by atoms with van der Waals surface area (Å²) in [5.74, 6) is 0.739. The zero-order valence-electron chi connectivity index (χ0n) is 5.48. The number of aromatic nitrogens is 2. The third-order valence-corrected chi connectivity index (χ3v) is 0.935. The first-order valence-corrected chi connectivity index (χ1v) is 2.84. The fourth-order valence-electron chi connectivity index (χ4n) is 0.588. The number of nitrogens with zero attached hydrogens (tertiary/aromatic N) is 2. The van der Waals surface area contributed by atoms with Crippen LogP contribution >= 0.6 is 0 Å². The summed E-state index contributed by atoms with van der Waals surface area (Å²) in [5, 5.41) is 20.3. The molecule has 0 amide bonds. The molecule has 1 aromatic rings. The van der Waals surface area contributed by atoms with Crippen LogP contribution in [0.5, 0.6) is 0 Å². The van der Waals surface area contributed by atoms with E-state index in [1.807, 2.05) is 0 Å². The second kappa shape index (κ2) is 2.76. The molecule has 1 rings (SSSR count). The molecule has 0 bridgehead atoms. The average Bonchev–Trinajstić information content (AvgIpc) is 2.13. The number of aliphatic hydroxyl groups is 2. The van der Waals surface area contributed by atoms with Gasteiger partial charge in [0.25, 0.3) is 0 Å². The van der Waals surface area contributed by atoms with Crippen molar-refractivity contribution in [3.05, 3.63) is 11.7 Å². The molecule has 0 saturated carbocycles. The number of hydrogen-bond donors (Lipinski definition) is 2. The Bertz CT molecular complexity index is 208. The smallest absolute Gasteiger partial charge is 0.223 e. The third-order valence-electron chi connectivity index (χ3n) is 0.935. The van der Waals surface area contributed by atoms with Crippen molar-refractivity contribution in [1.29, 1.82) is 0 Å². The van der Waals surface area contributed by atoms with Crippen LogP contribution in [0.1, 0.15) is 11.7 Å². The normalized spacial score (nSPS) is 10.8. The summed E-state index contributed by atoms with van der Waals surface area (Å²) in [6.45, 7) is 1.64. The van der Waals surface area contributed by atoms with Gasteiger partial charge in [-0.25, -0.2) is 0 Å². The van der Waals surface area contributed by atoms with Crippen molar-refractivity contribution in [1.82, 2.24) is 10.1 Å². The van der Waals surface area contributed by atoms with Crippen LogP contribution in [0, 0.1) is 6.92 Å². The van der Waals surface area contributed by atoms with Gasteiger partial charge in [-0.15, -0.1) is 0 Å². The quantitative estimate of drug-likeness (QED) is 0.533. The molecule has 0 aliphatic carbocycles. The molecule has 0 radical (unpaired) electrons. The van der Waals surface area contributed by atoms with Crippen molar-refractivity contribution >= 4 is 0 Å². The predicted molar refractivity (Wildman–Crippen MR) is 31.0 cm³/mol. The topological polar surface area (TPSA) is 79.4 Å². The maximum Gasteiger partial charge on any atom is 0.223 e. The summed E-state index contributed by atoms with van der Waals surface area (Å²) < 4.78 is 4.58. The molecule has 0 fully saturated rings. The van der Waals surface area contributed by atoms with Gasteiger partial charge in [-0.05, 0) is 0 Å². The van der Waals surface area contributed by atoms with Crippen LogP contribution in [-0.2, 0) is 6.42 Å². The standard InChI is InChI=1S/C5H8N2O3/c1-3-6-4(7-10-3)2-5(8)9/h5,8-9H,2H2,1H3. The van der Waals surface area contributed by atoms with Gasteiger partial charge in [0.1, 0.15) is 0 Å². The molecule has 5 nitrogen and oxygen atoms in total. The van der Waals surface area contributed by atoms with Gasteiger partial charge < -0.3 is 14.7 Å². The minimum absolute atomic E-state index is 0.0112. The van der Waals surface area contributed by atoms with Crippen LogP contribution in [-0.4, -0.2) is 26.6 Å². The SMILES string of the molecule is Cc1nc(CC(O)O)no1. The first kappa shape index (κ1) is 7.17. The minimum Gasteiger partial charge on any atom is -0.368 e. The van der Waals surface area contributed by atoms with Crippen LogP contribution in [0.15, 0.2) is 4.52 Å². The lowest BCUT2D eigenvalue weighted by Gasteiger charge is -1.94. The molecule has 2 N–H and O–H groups in total. The van der Waals surface area contributed by atoms with E-state index in [2.05, 4.69) is 14.7 Å². The van der Waals surface area contributed by atoms with Gasteiger partial charge >= 0.3 is 0 Å². The number of aliphatic hydroxyl groups excluding tert-OH is 1. The molecule has 1 aromatic heterocycles. The second-order valence-corrected chi connectivity index (χ2v) is 1.91. The van der Waals surface area contributed by atoms with Gasteiger partial charge in [0.15, 0.2) is 12.1 Å². The van der Waals surface area contributed by atoms with E-state index in [0.29, 0.717) is 11.7 Å². The number of hydrogen-bond acceptors (Lipinski definition) is 5. The molecule has 56 valence electrons. The maximum absolute atomic E-state index is 8.45. The van der Waals surface area contributed by atoms with Crippen molar-refractivity contribution in [2.75, 3.05) is 0 Å². The molecule has 0 aliphatic heterocycles. The van der Waals surface area contributed by atoms with E-state index in [1.165, 1.54) is 0 Å². The highest BCUT2D eigenvalue weighted by atomic mass is 16.5. The number of rotatable bonds is 2. The summed E-state index contributed by atoms with van der Waals surface area (Å²) in [4.78, 5) is 3.75. The molecule has 5 heteroatoms. The summed E-state index contributed by atoms with van der Waals surface area (Å²) >= 11 is 0. The second-order valence-electron chi connectivity index (χ2n) is 1.91. The highest BCUT2D eigenvalue weighted by Gasteiger charge is 2.05. The van der Waals surface area contributed by atoms with Crippen molar-refractivity contribution in [2.24, 2.45) is 0 Å². The lowest BCUT2D eigenvalue weighted by Crippen LogP contribution is -2.09. The molecule has 0 unspecified atom stereocenters. The fourth-order valence-corrected chi connectivity index (χ4v) is 0.588. The van der Waals surface area contributed by atoms with Crippen molar-refractivity contribution in [2.45, 2.75) is 19.6 Å². The first-order valence-electron chi connectivity index (χ1n) is 2.84. The highest BCUT2D eigenvalue weighted by molar-refractivity contribution is 4.84. The predicted octanol–water partition coefficient (Wildman–Crippen LogP) is -0.769.